The van der Waals surface area contributed by atoms with Crippen LogP contribution in [0.3, 0.4) is 0 Å². The number of ether oxygens (including phenoxy) is 1. The molecule has 1 aromatic rings. The Kier molecular flexibility index (Phi) is 9.70. The van der Waals surface area contributed by atoms with Crippen LogP contribution < -0.4 is 21.1 Å². The molecule has 29 heavy (non-hydrogen) atoms. The van der Waals surface area contributed by atoms with Crippen molar-refractivity contribution in [3.8, 4) is 5.75 Å². The number of carbonyl (C=O) groups is 1. The van der Waals surface area contributed by atoms with Crippen molar-refractivity contribution >= 4 is 11.9 Å². The number of nitrogens with two attached hydrogens (primary N) is 1. The lowest BCUT2D eigenvalue weighted by Gasteiger charge is -2.30. The van der Waals surface area contributed by atoms with Gasteiger partial charge in [0.1, 0.15) is 17.7 Å². The second-order valence-corrected chi connectivity index (χ2v) is 7.49. The third-order valence-corrected chi connectivity index (χ3v) is 5.11. The molecule has 1 unspecified atom stereocenters. The van der Waals surface area contributed by atoms with E-state index in [0.717, 1.165) is 57.8 Å². The van der Waals surface area contributed by atoms with Crippen molar-refractivity contribution in [2.75, 3.05) is 39.8 Å². The molecule has 0 aliphatic carbocycles. The van der Waals surface area contributed by atoms with Crippen molar-refractivity contribution in [1.29, 1.82) is 0 Å². The Morgan fingerprint density at radius 1 is 1.28 bits per heavy atom. The van der Waals surface area contributed by atoms with E-state index in [2.05, 4.69) is 20.5 Å². The van der Waals surface area contributed by atoms with Crippen LogP contribution in [0.15, 0.2) is 29.3 Å². The SMILES string of the molecule is CN=C(NCCCCN1CCC(C(N)=O)CC1)NCC(C)Oc1ccc(F)cc1. The summed E-state index contributed by atoms with van der Waals surface area (Å²) in [5, 5.41) is 6.55. The summed E-state index contributed by atoms with van der Waals surface area (Å²) in [6, 6.07) is 6.01. The third-order valence-electron chi connectivity index (χ3n) is 5.11. The minimum atomic E-state index is -0.275. The number of carbonyl (C=O) groups excluding carboxylic acids is 1. The van der Waals surface area contributed by atoms with E-state index >= 15 is 0 Å². The van der Waals surface area contributed by atoms with Gasteiger partial charge >= 0.3 is 0 Å². The third kappa shape index (κ3) is 8.68. The summed E-state index contributed by atoms with van der Waals surface area (Å²) in [5.74, 6) is 0.995. The number of primary amides is 1. The molecular weight excluding hydrogens is 373 g/mol. The summed E-state index contributed by atoms with van der Waals surface area (Å²) in [5.41, 5.74) is 5.38. The number of nitrogens with one attached hydrogen (secondary N) is 2. The average Bonchev–Trinajstić information content (AvgIpc) is 2.72. The molecule has 7 nitrogen and oxygen atoms in total. The maximum Gasteiger partial charge on any atom is 0.220 e. The van der Waals surface area contributed by atoms with Gasteiger partial charge < -0.3 is 26.0 Å². The van der Waals surface area contributed by atoms with Gasteiger partial charge in [0.05, 0.1) is 6.54 Å². The minimum absolute atomic E-state index is 0.0525. The van der Waals surface area contributed by atoms with Gasteiger partial charge in [-0.3, -0.25) is 9.79 Å². The van der Waals surface area contributed by atoms with Crippen LogP contribution in [0.1, 0.15) is 32.6 Å². The molecule has 1 aliphatic heterocycles. The van der Waals surface area contributed by atoms with Gasteiger partial charge in [0.15, 0.2) is 5.96 Å². The molecule has 1 amide bonds. The minimum Gasteiger partial charge on any atom is -0.489 e. The zero-order chi connectivity index (χ0) is 21.1. The van der Waals surface area contributed by atoms with Gasteiger partial charge in [-0.05, 0) is 76.5 Å². The lowest BCUT2D eigenvalue weighted by atomic mass is 9.96. The summed E-state index contributed by atoms with van der Waals surface area (Å²) in [6.45, 7) is 6.33. The molecule has 1 heterocycles. The molecule has 8 heteroatoms. The predicted octanol–water partition coefficient (Wildman–Crippen LogP) is 1.74. The summed E-state index contributed by atoms with van der Waals surface area (Å²) in [7, 11) is 1.74. The smallest absolute Gasteiger partial charge is 0.220 e. The monoisotopic (exact) mass is 407 g/mol. The molecule has 0 aromatic heterocycles. The van der Waals surface area contributed by atoms with Gasteiger partial charge in [0.25, 0.3) is 0 Å². The second-order valence-electron chi connectivity index (χ2n) is 7.49. The highest BCUT2D eigenvalue weighted by Gasteiger charge is 2.22. The molecule has 1 saturated heterocycles. The van der Waals surface area contributed by atoms with Crippen molar-refractivity contribution in [1.82, 2.24) is 15.5 Å². The Balaban J connectivity index is 1.54. The Morgan fingerprint density at radius 3 is 2.59 bits per heavy atom. The first-order valence-corrected chi connectivity index (χ1v) is 10.4. The topological polar surface area (TPSA) is 92.0 Å². The lowest BCUT2D eigenvalue weighted by molar-refractivity contribution is -0.123. The molecular formula is C21H34FN5O2. The molecule has 0 bridgehead atoms. The van der Waals surface area contributed by atoms with Gasteiger partial charge in [-0.25, -0.2) is 4.39 Å². The Bertz CT molecular complexity index is 645. The highest BCUT2D eigenvalue weighted by Crippen LogP contribution is 2.16. The van der Waals surface area contributed by atoms with Gasteiger partial charge in [-0.2, -0.15) is 0 Å². The van der Waals surface area contributed by atoms with Crippen LogP contribution >= 0.6 is 0 Å². The van der Waals surface area contributed by atoms with Crippen LogP contribution in [0.4, 0.5) is 4.39 Å². The number of piperidine rings is 1. The van der Waals surface area contributed by atoms with Crippen LogP contribution in [0, 0.1) is 11.7 Å². The molecule has 1 aromatic carbocycles. The first-order chi connectivity index (χ1) is 14.0. The normalized spacial score (nSPS) is 17.0. The first kappa shape index (κ1) is 22.9. The number of benzene rings is 1. The molecule has 0 spiro atoms. The zero-order valence-corrected chi connectivity index (χ0v) is 17.5. The van der Waals surface area contributed by atoms with Gasteiger partial charge in [-0.15, -0.1) is 0 Å². The van der Waals surface area contributed by atoms with Crippen molar-refractivity contribution in [2.24, 2.45) is 16.6 Å². The number of aliphatic imine (C=N–C) groups is 1. The van der Waals surface area contributed by atoms with E-state index in [9.17, 15) is 9.18 Å². The number of amides is 1. The number of likely N-dealkylation sites (tertiary alicyclic amines) is 1. The fourth-order valence-electron chi connectivity index (χ4n) is 3.36. The number of guanidine groups is 1. The number of unbranched alkanes of at least 4 members (excludes halogenated alkanes) is 1. The largest absolute Gasteiger partial charge is 0.489 e. The van der Waals surface area contributed by atoms with Gasteiger partial charge in [0.2, 0.25) is 5.91 Å². The molecule has 0 saturated carbocycles. The van der Waals surface area contributed by atoms with Crippen molar-refractivity contribution < 1.29 is 13.9 Å². The van der Waals surface area contributed by atoms with Crippen LogP contribution in [-0.4, -0.2) is 62.6 Å². The van der Waals surface area contributed by atoms with Crippen LogP contribution in [0.25, 0.3) is 0 Å². The molecule has 1 atom stereocenters. The van der Waals surface area contributed by atoms with Gasteiger partial charge in [0, 0.05) is 19.5 Å². The fourth-order valence-corrected chi connectivity index (χ4v) is 3.36. The maximum atomic E-state index is 12.9. The lowest BCUT2D eigenvalue weighted by Crippen LogP contribution is -2.42. The maximum absolute atomic E-state index is 12.9. The Hall–Kier alpha value is -2.35. The van der Waals surface area contributed by atoms with Gasteiger partial charge in [-0.1, -0.05) is 0 Å². The van der Waals surface area contributed by atoms with Crippen molar-refractivity contribution in [3.05, 3.63) is 30.1 Å². The number of nitrogens with zero attached hydrogens (tertiary/aromatic N) is 2. The van der Waals surface area contributed by atoms with E-state index in [1.165, 1.54) is 12.1 Å². The standard InChI is InChI=1S/C21H34FN5O2/c1-16(29-19-7-5-18(22)6-8-19)15-26-21(24-2)25-11-3-4-12-27-13-9-17(10-14-27)20(23)28/h5-8,16-17H,3-4,9-15H2,1-2H3,(H2,23,28)(H2,24,25,26). The molecule has 2 rings (SSSR count). The van der Waals surface area contributed by atoms with Crippen molar-refractivity contribution in [2.45, 2.75) is 38.7 Å². The van der Waals surface area contributed by atoms with Crippen LogP contribution in [-0.2, 0) is 4.79 Å². The second kappa shape index (κ2) is 12.3. The zero-order valence-electron chi connectivity index (χ0n) is 17.5. The van der Waals surface area contributed by atoms with E-state index in [1.807, 2.05) is 6.92 Å². The quantitative estimate of drug-likeness (QED) is 0.312. The summed E-state index contributed by atoms with van der Waals surface area (Å²) in [6.07, 6.45) is 3.81. The highest BCUT2D eigenvalue weighted by molar-refractivity contribution is 5.79. The fraction of sp³-hybridized carbons (Fsp3) is 0.619. The van der Waals surface area contributed by atoms with Crippen LogP contribution in [0.2, 0.25) is 0 Å². The first-order valence-electron chi connectivity index (χ1n) is 10.4. The summed E-state index contributed by atoms with van der Waals surface area (Å²) in [4.78, 5) is 17.8. The Morgan fingerprint density at radius 2 is 1.97 bits per heavy atom. The van der Waals surface area contributed by atoms with E-state index in [4.69, 9.17) is 10.5 Å². The number of hydrogen-bond acceptors (Lipinski definition) is 4. The molecule has 4 N–H and O–H groups in total. The Labute approximate surface area is 172 Å². The van der Waals surface area contributed by atoms with E-state index in [0.29, 0.717) is 12.3 Å². The highest BCUT2D eigenvalue weighted by atomic mass is 19.1. The summed E-state index contributed by atoms with van der Waals surface area (Å²) >= 11 is 0. The molecule has 0 radical (unpaired) electrons. The number of halogens is 1. The summed E-state index contributed by atoms with van der Waals surface area (Å²) < 4.78 is 18.7. The average molecular weight is 408 g/mol. The molecule has 1 fully saturated rings. The van der Waals surface area contributed by atoms with E-state index < -0.39 is 0 Å². The molecule has 162 valence electrons. The number of hydrogen-bond donors (Lipinski definition) is 3. The van der Waals surface area contributed by atoms with Crippen molar-refractivity contribution in [3.63, 3.8) is 0 Å². The predicted molar refractivity (Wildman–Crippen MR) is 113 cm³/mol. The van der Waals surface area contributed by atoms with Crippen LogP contribution in [0.5, 0.6) is 5.75 Å². The van der Waals surface area contributed by atoms with E-state index in [1.54, 1.807) is 19.2 Å². The van der Waals surface area contributed by atoms with E-state index in [-0.39, 0.29) is 23.7 Å². The molecule has 1 aliphatic rings. The number of rotatable bonds is 10.